The lowest BCUT2D eigenvalue weighted by atomic mass is 9.94. The summed E-state index contributed by atoms with van der Waals surface area (Å²) < 4.78 is 6.22. The standard InChI is InChI=1S/C15H16BrN3O2/c16-11-4-1-3-10(7-11)14-13(9-18-19-14)15(20)17-8-12-5-2-6-21-12/h1-7,13-14,18-19H,8-9H2,(H,17,20). The van der Waals surface area contributed by atoms with E-state index in [0.29, 0.717) is 13.1 Å². The molecule has 3 rings (SSSR count). The molecule has 1 aliphatic rings. The number of rotatable bonds is 4. The molecule has 1 aromatic heterocycles. The van der Waals surface area contributed by atoms with E-state index in [-0.39, 0.29) is 17.9 Å². The number of hydrogen-bond acceptors (Lipinski definition) is 4. The van der Waals surface area contributed by atoms with Crippen molar-refractivity contribution in [2.75, 3.05) is 6.54 Å². The fourth-order valence-electron chi connectivity index (χ4n) is 2.48. The predicted molar refractivity (Wildman–Crippen MR) is 82.1 cm³/mol. The lowest BCUT2D eigenvalue weighted by Gasteiger charge is -2.18. The van der Waals surface area contributed by atoms with Gasteiger partial charge in [0.2, 0.25) is 5.91 Å². The third-order valence-electron chi connectivity index (χ3n) is 3.54. The lowest BCUT2D eigenvalue weighted by molar-refractivity contribution is -0.125. The van der Waals surface area contributed by atoms with Gasteiger partial charge in [-0.15, -0.1) is 0 Å². The van der Waals surface area contributed by atoms with E-state index in [0.717, 1.165) is 15.8 Å². The number of furan rings is 1. The molecular formula is C15H16BrN3O2. The van der Waals surface area contributed by atoms with Crippen molar-refractivity contribution < 1.29 is 9.21 Å². The summed E-state index contributed by atoms with van der Waals surface area (Å²) in [5, 5.41) is 2.92. The van der Waals surface area contributed by atoms with Crippen molar-refractivity contribution in [1.29, 1.82) is 0 Å². The highest BCUT2D eigenvalue weighted by atomic mass is 79.9. The van der Waals surface area contributed by atoms with E-state index in [1.807, 2.05) is 36.4 Å². The van der Waals surface area contributed by atoms with Crippen LogP contribution in [0.1, 0.15) is 17.4 Å². The summed E-state index contributed by atoms with van der Waals surface area (Å²) in [5.74, 6) is 0.601. The van der Waals surface area contributed by atoms with Gasteiger partial charge < -0.3 is 9.73 Å². The molecular weight excluding hydrogens is 334 g/mol. The molecule has 2 atom stereocenters. The summed E-state index contributed by atoms with van der Waals surface area (Å²) in [5.41, 5.74) is 7.31. The van der Waals surface area contributed by atoms with E-state index in [2.05, 4.69) is 32.1 Å². The van der Waals surface area contributed by atoms with Crippen LogP contribution in [0.4, 0.5) is 0 Å². The minimum atomic E-state index is -0.158. The van der Waals surface area contributed by atoms with E-state index in [4.69, 9.17) is 4.42 Å². The Labute approximate surface area is 131 Å². The van der Waals surface area contributed by atoms with Gasteiger partial charge in [-0.05, 0) is 29.8 Å². The Bertz CT molecular complexity index is 615. The molecule has 1 fully saturated rings. The Hall–Kier alpha value is -1.63. The maximum Gasteiger partial charge on any atom is 0.226 e. The van der Waals surface area contributed by atoms with Gasteiger partial charge in [-0.1, -0.05) is 28.1 Å². The lowest BCUT2D eigenvalue weighted by Crippen LogP contribution is -2.34. The largest absolute Gasteiger partial charge is 0.467 e. The van der Waals surface area contributed by atoms with E-state index < -0.39 is 0 Å². The van der Waals surface area contributed by atoms with Gasteiger partial charge in [-0.2, -0.15) is 0 Å². The van der Waals surface area contributed by atoms with Crippen molar-refractivity contribution in [2.45, 2.75) is 12.6 Å². The third-order valence-corrected chi connectivity index (χ3v) is 4.04. The molecule has 0 aliphatic carbocycles. The Kier molecular flexibility index (Phi) is 4.38. The van der Waals surface area contributed by atoms with Gasteiger partial charge >= 0.3 is 0 Å². The van der Waals surface area contributed by atoms with Crippen molar-refractivity contribution in [3.05, 3.63) is 58.5 Å². The fourth-order valence-corrected chi connectivity index (χ4v) is 2.89. The summed E-state index contributed by atoms with van der Waals surface area (Å²) in [6, 6.07) is 11.6. The average Bonchev–Trinajstić information content (AvgIpc) is 3.16. The highest BCUT2D eigenvalue weighted by Crippen LogP contribution is 2.27. The minimum absolute atomic E-state index is 0.00822. The van der Waals surface area contributed by atoms with Gasteiger partial charge in [0.1, 0.15) is 5.76 Å². The van der Waals surface area contributed by atoms with E-state index in [9.17, 15) is 4.79 Å². The smallest absolute Gasteiger partial charge is 0.226 e. The molecule has 1 aromatic carbocycles. The highest BCUT2D eigenvalue weighted by Gasteiger charge is 2.33. The number of carbonyl (C=O) groups excluding carboxylic acids is 1. The van der Waals surface area contributed by atoms with Crippen molar-refractivity contribution in [1.82, 2.24) is 16.2 Å². The van der Waals surface area contributed by atoms with Gasteiger partial charge in [0.05, 0.1) is 24.8 Å². The average molecular weight is 350 g/mol. The molecule has 0 bridgehead atoms. The molecule has 110 valence electrons. The number of nitrogens with one attached hydrogen (secondary N) is 3. The zero-order chi connectivity index (χ0) is 14.7. The number of carbonyl (C=O) groups is 1. The van der Waals surface area contributed by atoms with Crippen LogP contribution in [-0.4, -0.2) is 12.5 Å². The number of hydrazine groups is 1. The van der Waals surface area contributed by atoms with Crippen LogP contribution in [0, 0.1) is 5.92 Å². The molecule has 21 heavy (non-hydrogen) atoms. The van der Waals surface area contributed by atoms with Gasteiger partial charge in [-0.25, -0.2) is 5.43 Å². The molecule has 2 unspecified atom stereocenters. The molecule has 0 saturated carbocycles. The highest BCUT2D eigenvalue weighted by molar-refractivity contribution is 9.10. The summed E-state index contributed by atoms with van der Waals surface area (Å²) in [7, 11) is 0. The Balaban J connectivity index is 1.67. The number of amides is 1. The predicted octanol–water partition coefficient (Wildman–Crippen LogP) is 2.12. The molecule has 1 aliphatic heterocycles. The van der Waals surface area contributed by atoms with Crippen LogP contribution < -0.4 is 16.2 Å². The van der Waals surface area contributed by atoms with Crippen molar-refractivity contribution in [2.24, 2.45) is 5.92 Å². The molecule has 1 amide bonds. The minimum Gasteiger partial charge on any atom is -0.467 e. The normalized spacial score (nSPS) is 21.4. The molecule has 2 heterocycles. The number of halogens is 1. The second-order valence-electron chi connectivity index (χ2n) is 4.96. The Morgan fingerprint density at radius 1 is 1.38 bits per heavy atom. The first-order valence-electron chi connectivity index (χ1n) is 6.78. The zero-order valence-electron chi connectivity index (χ0n) is 11.3. The molecule has 1 saturated heterocycles. The quantitative estimate of drug-likeness (QED) is 0.790. The molecule has 0 spiro atoms. The van der Waals surface area contributed by atoms with Gasteiger partial charge in [-0.3, -0.25) is 10.2 Å². The van der Waals surface area contributed by atoms with Crippen LogP contribution in [0.15, 0.2) is 51.6 Å². The van der Waals surface area contributed by atoms with Crippen LogP contribution >= 0.6 is 15.9 Å². The summed E-state index contributed by atoms with van der Waals surface area (Å²) in [6.45, 7) is 1.01. The van der Waals surface area contributed by atoms with Crippen molar-refractivity contribution in [3.8, 4) is 0 Å². The maximum atomic E-state index is 12.4. The third kappa shape index (κ3) is 3.34. The van der Waals surface area contributed by atoms with Crippen molar-refractivity contribution >= 4 is 21.8 Å². The maximum absolute atomic E-state index is 12.4. The van der Waals surface area contributed by atoms with Crippen LogP contribution in [0.25, 0.3) is 0 Å². The van der Waals surface area contributed by atoms with E-state index >= 15 is 0 Å². The van der Waals surface area contributed by atoms with Gasteiger partial charge in [0.15, 0.2) is 0 Å². The Morgan fingerprint density at radius 3 is 3.05 bits per heavy atom. The fraction of sp³-hybridized carbons (Fsp3) is 0.267. The number of hydrogen-bond donors (Lipinski definition) is 3. The van der Waals surface area contributed by atoms with Crippen LogP contribution in [0.2, 0.25) is 0 Å². The molecule has 2 aromatic rings. The van der Waals surface area contributed by atoms with Crippen LogP contribution in [-0.2, 0) is 11.3 Å². The SMILES string of the molecule is O=C(NCc1ccco1)C1CNNC1c1cccc(Br)c1. The first kappa shape index (κ1) is 14.3. The first-order chi connectivity index (χ1) is 10.2. The van der Waals surface area contributed by atoms with Crippen LogP contribution in [0.5, 0.6) is 0 Å². The summed E-state index contributed by atoms with van der Waals surface area (Å²) >= 11 is 3.46. The molecule has 6 heteroatoms. The Morgan fingerprint density at radius 2 is 2.29 bits per heavy atom. The first-order valence-corrected chi connectivity index (χ1v) is 7.57. The second kappa shape index (κ2) is 6.43. The molecule has 0 radical (unpaired) electrons. The van der Waals surface area contributed by atoms with Crippen LogP contribution in [0.3, 0.4) is 0 Å². The van der Waals surface area contributed by atoms with E-state index in [1.165, 1.54) is 0 Å². The molecule has 5 nitrogen and oxygen atoms in total. The summed E-state index contributed by atoms with van der Waals surface area (Å²) in [6.07, 6.45) is 1.60. The van der Waals surface area contributed by atoms with Gasteiger partial charge in [0.25, 0.3) is 0 Å². The summed E-state index contributed by atoms with van der Waals surface area (Å²) in [4.78, 5) is 12.4. The zero-order valence-corrected chi connectivity index (χ0v) is 12.9. The van der Waals surface area contributed by atoms with Crippen molar-refractivity contribution in [3.63, 3.8) is 0 Å². The number of benzene rings is 1. The van der Waals surface area contributed by atoms with E-state index in [1.54, 1.807) is 6.26 Å². The second-order valence-corrected chi connectivity index (χ2v) is 5.88. The topological polar surface area (TPSA) is 66.3 Å². The monoisotopic (exact) mass is 349 g/mol. The molecule has 3 N–H and O–H groups in total. The van der Waals surface area contributed by atoms with Gasteiger partial charge in [0, 0.05) is 11.0 Å².